The number of rotatable bonds is 6. The molecule has 6 heteroatoms. The van der Waals surface area contributed by atoms with Gasteiger partial charge in [0.1, 0.15) is 0 Å². The monoisotopic (exact) mass is 249 g/mol. The molecule has 0 aliphatic heterocycles. The average molecular weight is 249 g/mol. The van der Waals surface area contributed by atoms with Crippen LogP contribution >= 0.6 is 0 Å². The smallest absolute Gasteiger partial charge is 0.276 e. The zero-order chi connectivity index (χ0) is 12.1. The van der Waals surface area contributed by atoms with E-state index in [0.717, 1.165) is 25.7 Å². The van der Waals surface area contributed by atoms with E-state index in [1.54, 1.807) is 6.92 Å². The van der Waals surface area contributed by atoms with E-state index < -0.39 is 10.2 Å². The van der Waals surface area contributed by atoms with Crippen molar-refractivity contribution in [1.29, 1.82) is 0 Å². The predicted octanol–water partition coefficient (Wildman–Crippen LogP) is 0.340. The molecule has 0 spiro atoms. The van der Waals surface area contributed by atoms with E-state index in [1.165, 1.54) is 6.42 Å². The Morgan fingerprint density at radius 3 is 2.31 bits per heavy atom. The Balaban J connectivity index is 2.50. The minimum absolute atomic E-state index is 0.0270. The van der Waals surface area contributed by atoms with Gasteiger partial charge in [-0.2, -0.15) is 8.42 Å². The molecular weight excluding hydrogens is 226 g/mol. The van der Waals surface area contributed by atoms with Crippen molar-refractivity contribution in [3.05, 3.63) is 0 Å². The van der Waals surface area contributed by atoms with Crippen LogP contribution in [0.1, 0.15) is 39.0 Å². The molecule has 0 heterocycles. The van der Waals surface area contributed by atoms with Gasteiger partial charge in [0.25, 0.3) is 10.2 Å². The van der Waals surface area contributed by atoms with Crippen LogP contribution in [0, 0.1) is 5.41 Å². The van der Waals surface area contributed by atoms with Crippen molar-refractivity contribution in [1.82, 2.24) is 9.44 Å². The van der Waals surface area contributed by atoms with E-state index in [2.05, 4.69) is 9.44 Å². The van der Waals surface area contributed by atoms with Gasteiger partial charge in [-0.15, -0.1) is 0 Å². The van der Waals surface area contributed by atoms with E-state index in [4.69, 9.17) is 5.73 Å². The summed E-state index contributed by atoms with van der Waals surface area (Å²) in [5.41, 5.74) is 5.76. The first-order chi connectivity index (χ1) is 7.54. The van der Waals surface area contributed by atoms with Gasteiger partial charge in [0, 0.05) is 13.1 Å². The molecule has 1 rings (SSSR count). The first-order valence-electron chi connectivity index (χ1n) is 5.98. The fourth-order valence-corrected chi connectivity index (χ4v) is 3.22. The molecule has 96 valence electrons. The molecule has 0 atom stereocenters. The van der Waals surface area contributed by atoms with Crippen molar-refractivity contribution in [3.63, 3.8) is 0 Å². The Morgan fingerprint density at radius 1 is 1.19 bits per heavy atom. The maximum absolute atomic E-state index is 11.5. The van der Waals surface area contributed by atoms with Gasteiger partial charge in [0.2, 0.25) is 0 Å². The van der Waals surface area contributed by atoms with Crippen molar-refractivity contribution < 1.29 is 8.42 Å². The molecule has 0 aromatic carbocycles. The summed E-state index contributed by atoms with van der Waals surface area (Å²) in [6, 6.07) is 0. The quantitative estimate of drug-likeness (QED) is 0.634. The van der Waals surface area contributed by atoms with Crippen LogP contribution in [0.25, 0.3) is 0 Å². The third-order valence-electron chi connectivity index (χ3n) is 3.32. The third kappa shape index (κ3) is 4.01. The standard InChI is InChI=1S/C10H23N3O2S/c1-2-12-16(14,15)13-9-10(8-11)6-4-3-5-7-10/h12-13H,2-9,11H2,1H3. The molecule has 1 fully saturated rings. The van der Waals surface area contributed by atoms with Crippen LogP contribution in [0.2, 0.25) is 0 Å². The Kier molecular flexibility index (Phi) is 5.17. The van der Waals surface area contributed by atoms with Crippen LogP contribution in [0.4, 0.5) is 0 Å². The van der Waals surface area contributed by atoms with E-state index in [-0.39, 0.29) is 5.41 Å². The molecule has 0 saturated heterocycles. The van der Waals surface area contributed by atoms with Crippen molar-refractivity contribution in [2.45, 2.75) is 39.0 Å². The molecule has 1 saturated carbocycles. The molecule has 0 bridgehead atoms. The summed E-state index contributed by atoms with van der Waals surface area (Å²) < 4.78 is 28.0. The third-order valence-corrected chi connectivity index (χ3v) is 4.51. The fraction of sp³-hybridized carbons (Fsp3) is 1.00. The SMILES string of the molecule is CCNS(=O)(=O)NCC1(CN)CCCCC1. The lowest BCUT2D eigenvalue weighted by Gasteiger charge is -2.36. The maximum Gasteiger partial charge on any atom is 0.276 e. The highest BCUT2D eigenvalue weighted by atomic mass is 32.2. The predicted molar refractivity (Wildman–Crippen MR) is 65.2 cm³/mol. The van der Waals surface area contributed by atoms with Gasteiger partial charge in [-0.25, -0.2) is 9.44 Å². The molecule has 4 N–H and O–H groups in total. The molecule has 1 aliphatic rings. The fourth-order valence-electron chi connectivity index (χ4n) is 2.24. The first kappa shape index (κ1) is 13.9. The molecule has 1 aliphatic carbocycles. The van der Waals surface area contributed by atoms with Gasteiger partial charge in [-0.3, -0.25) is 0 Å². The lowest BCUT2D eigenvalue weighted by Crippen LogP contribution is -2.46. The molecule has 0 amide bonds. The topological polar surface area (TPSA) is 84.2 Å². The lowest BCUT2D eigenvalue weighted by molar-refractivity contribution is 0.201. The number of nitrogens with one attached hydrogen (secondary N) is 2. The van der Waals surface area contributed by atoms with Crippen LogP contribution in [-0.2, 0) is 10.2 Å². The second kappa shape index (κ2) is 5.95. The Morgan fingerprint density at radius 2 is 1.81 bits per heavy atom. The van der Waals surface area contributed by atoms with Gasteiger partial charge in [0.05, 0.1) is 0 Å². The van der Waals surface area contributed by atoms with E-state index in [0.29, 0.717) is 19.6 Å². The second-order valence-corrected chi connectivity index (χ2v) is 6.17. The van der Waals surface area contributed by atoms with Crippen LogP contribution in [0.15, 0.2) is 0 Å². The number of hydrogen-bond acceptors (Lipinski definition) is 3. The minimum atomic E-state index is -3.33. The van der Waals surface area contributed by atoms with Crippen molar-refractivity contribution in [2.24, 2.45) is 11.1 Å². The van der Waals surface area contributed by atoms with Gasteiger partial charge in [-0.1, -0.05) is 26.2 Å². The van der Waals surface area contributed by atoms with Gasteiger partial charge >= 0.3 is 0 Å². The van der Waals surface area contributed by atoms with E-state index in [9.17, 15) is 8.42 Å². The first-order valence-corrected chi connectivity index (χ1v) is 7.46. The largest absolute Gasteiger partial charge is 0.330 e. The molecule has 0 unspecified atom stereocenters. The molecule has 0 radical (unpaired) electrons. The number of hydrogen-bond donors (Lipinski definition) is 3. The summed E-state index contributed by atoms with van der Waals surface area (Å²) in [5.74, 6) is 0. The van der Waals surface area contributed by atoms with Gasteiger partial charge in [0.15, 0.2) is 0 Å². The normalized spacial score (nSPS) is 20.9. The lowest BCUT2D eigenvalue weighted by atomic mass is 9.74. The Bertz CT molecular complexity index is 297. The average Bonchev–Trinajstić information content (AvgIpc) is 2.28. The Labute approximate surface area is 98.4 Å². The maximum atomic E-state index is 11.5. The highest BCUT2D eigenvalue weighted by Gasteiger charge is 2.31. The highest BCUT2D eigenvalue weighted by Crippen LogP contribution is 2.34. The van der Waals surface area contributed by atoms with Crippen LogP contribution in [-0.4, -0.2) is 28.1 Å². The minimum Gasteiger partial charge on any atom is -0.330 e. The van der Waals surface area contributed by atoms with E-state index >= 15 is 0 Å². The molecule has 0 aromatic heterocycles. The van der Waals surface area contributed by atoms with Crippen molar-refractivity contribution in [2.75, 3.05) is 19.6 Å². The van der Waals surface area contributed by atoms with Crippen molar-refractivity contribution in [3.8, 4) is 0 Å². The summed E-state index contributed by atoms with van der Waals surface area (Å²) in [6.07, 6.45) is 5.60. The van der Waals surface area contributed by atoms with Crippen LogP contribution in [0.3, 0.4) is 0 Å². The zero-order valence-electron chi connectivity index (χ0n) is 9.96. The number of nitrogens with two attached hydrogens (primary N) is 1. The Hall–Kier alpha value is -0.170. The van der Waals surface area contributed by atoms with Crippen molar-refractivity contribution >= 4 is 10.2 Å². The van der Waals surface area contributed by atoms with Crippen LogP contribution in [0.5, 0.6) is 0 Å². The molecular formula is C10H23N3O2S. The van der Waals surface area contributed by atoms with Crippen LogP contribution < -0.4 is 15.2 Å². The summed E-state index contributed by atoms with van der Waals surface area (Å²) in [5, 5.41) is 0. The highest BCUT2D eigenvalue weighted by molar-refractivity contribution is 7.87. The molecule has 0 aromatic rings. The second-order valence-electron chi connectivity index (χ2n) is 4.59. The summed E-state index contributed by atoms with van der Waals surface area (Å²) >= 11 is 0. The van der Waals surface area contributed by atoms with Gasteiger partial charge < -0.3 is 5.73 Å². The van der Waals surface area contributed by atoms with E-state index in [1.807, 2.05) is 0 Å². The summed E-state index contributed by atoms with van der Waals surface area (Å²) in [4.78, 5) is 0. The van der Waals surface area contributed by atoms with Gasteiger partial charge in [-0.05, 0) is 24.8 Å². The zero-order valence-corrected chi connectivity index (χ0v) is 10.8. The summed E-state index contributed by atoms with van der Waals surface area (Å²) in [6.45, 7) is 3.18. The molecule has 5 nitrogen and oxygen atoms in total. The summed E-state index contributed by atoms with van der Waals surface area (Å²) in [7, 11) is -3.33. The molecule has 16 heavy (non-hydrogen) atoms.